The van der Waals surface area contributed by atoms with Gasteiger partial charge < -0.3 is 4.90 Å². The van der Waals surface area contributed by atoms with E-state index >= 15 is 0 Å². The third-order valence-electron chi connectivity index (χ3n) is 4.57. The number of hydrogen-bond acceptors (Lipinski definition) is 3. The maximum absolute atomic E-state index is 12.5. The van der Waals surface area contributed by atoms with Crippen molar-refractivity contribution in [1.82, 2.24) is 4.90 Å². The molecule has 0 saturated carbocycles. The van der Waals surface area contributed by atoms with Crippen LogP contribution in [0.15, 0.2) is 60.0 Å². The Morgan fingerprint density at radius 2 is 1.42 bits per heavy atom. The van der Waals surface area contributed by atoms with Gasteiger partial charge in [0.05, 0.1) is 5.57 Å². The first-order chi connectivity index (χ1) is 11.7. The van der Waals surface area contributed by atoms with Crippen molar-refractivity contribution in [2.24, 2.45) is 0 Å². The second-order valence-corrected chi connectivity index (χ2v) is 6.32. The van der Waals surface area contributed by atoms with Crippen LogP contribution >= 0.6 is 0 Å². The Labute approximate surface area is 143 Å². The first kappa shape index (κ1) is 16.4. The summed E-state index contributed by atoms with van der Waals surface area (Å²) in [7, 11) is 0. The van der Waals surface area contributed by atoms with E-state index in [4.69, 9.17) is 0 Å². The zero-order valence-electron chi connectivity index (χ0n) is 14.1. The van der Waals surface area contributed by atoms with Crippen LogP contribution in [0.25, 0.3) is 0 Å². The molecule has 1 aromatic rings. The van der Waals surface area contributed by atoms with Gasteiger partial charge in [0.2, 0.25) is 0 Å². The highest BCUT2D eigenvalue weighted by Crippen LogP contribution is 2.30. The fraction of sp³-hybridized carbons (Fsp3) is 0.333. The van der Waals surface area contributed by atoms with E-state index in [1.165, 1.54) is 25.7 Å². The fourth-order valence-corrected chi connectivity index (χ4v) is 3.18. The molecule has 1 heterocycles. The molecule has 0 saturated heterocycles. The van der Waals surface area contributed by atoms with Crippen molar-refractivity contribution < 1.29 is 9.59 Å². The van der Waals surface area contributed by atoms with E-state index in [2.05, 4.69) is 11.8 Å². The molecule has 0 spiro atoms. The van der Waals surface area contributed by atoms with Crippen molar-refractivity contribution in [1.29, 1.82) is 0 Å². The molecule has 0 radical (unpaired) electrons. The van der Waals surface area contributed by atoms with E-state index in [-0.39, 0.29) is 11.6 Å². The van der Waals surface area contributed by atoms with Crippen molar-refractivity contribution in [3.63, 3.8) is 0 Å². The van der Waals surface area contributed by atoms with Gasteiger partial charge in [-0.25, -0.2) is 0 Å². The van der Waals surface area contributed by atoms with Crippen LogP contribution in [0.1, 0.15) is 59.7 Å². The SMILES string of the molecule is CCCCCCCN1C=CC(=C2C(=O)c3ccccc3C2=O)C=C1. The second kappa shape index (κ2) is 7.43. The summed E-state index contributed by atoms with van der Waals surface area (Å²) in [5, 5.41) is 0. The van der Waals surface area contributed by atoms with Gasteiger partial charge in [-0.1, -0.05) is 56.9 Å². The molecule has 1 aliphatic carbocycles. The lowest BCUT2D eigenvalue weighted by Gasteiger charge is -2.19. The van der Waals surface area contributed by atoms with Gasteiger partial charge in [-0.05, 0) is 24.1 Å². The highest BCUT2D eigenvalue weighted by Gasteiger charge is 2.34. The number of unbranched alkanes of at least 4 members (excludes halogenated alkanes) is 4. The average Bonchev–Trinajstić information content (AvgIpc) is 2.87. The quantitative estimate of drug-likeness (QED) is 0.434. The molecular formula is C21H23NO2. The number of benzene rings is 1. The van der Waals surface area contributed by atoms with Gasteiger partial charge in [-0.3, -0.25) is 9.59 Å². The van der Waals surface area contributed by atoms with E-state index in [0.717, 1.165) is 13.0 Å². The molecule has 0 fully saturated rings. The summed E-state index contributed by atoms with van der Waals surface area (Å²) in [6, 6.07) is 7.04. The first-order valence-electron chi connectivity index (χ1n) is 8.77. The molecular weight excluding hydrogens is 298 g/mol. The Kier molecular flexibility index (Phi) is 5.09. The molecule has 0 amide bonds. The summed E-state index contributed by atoms with van der Waals surface area (Å²) in [6.07, 6.45) is 13.9. The molecule has 3 rings (SSSR count). The van der Waals surface area contributed by atoms with Crippen LogP contribution in [-0.2, 0) is 0 Å². The molecule has 24 heavy (non-hydrogen) atoms. The minimum Gasteiger partial charge on any atom is -0.354 e. The fourth-order valence-electron chi connectivity index (χ4n) is 3.18. The van der Waals surface area contributed by atoms with Crippen LogP contribution in [0, 0.1) is 0 Å². The topological polar surface area (TPSA) is 37.4 Å². The summed E-state index contributed by atoms with van der Waals surface area (Å²) in [5.41, 5.74) is 2.05. The number of carbonyl (C=O) groups excluding carboxylic acids is 2. The normalized spacial score (nSPS) is 16.3. The Morgan fingerprint density at radius 3 is 2.00 bits per heavy atom. The molecule has 124 valence electrons. The zero-order chi connectivity index (χ0) is 16.9. The molecule has 1 aliphatic heterocycles. The van der Waals surface area contributed by atoms with Crippen molar-refractivity contribution >= 4 is 11.6 Å². The number of carbonyl (C=O) groups is 2. The summed E-state index contributed by atoms with van der Waals surface area (Å²) >= 11 is 0. The molecule has 0 atom stereocenters. The van der Waals surface area contributed by atoms with Crippen LogP contribution in [0.4, 0.5) is 0 Å². The maximum atomic E-state index is 12.5. The second-order valence-electron chi connectivity index (χ2n) is 6.32. The Hall–Kier alpha value is -2.42. The highest BCUT2D eigenvalue weighted by atomic mass is 16.2. The van der Waals surface area contributed by atoms with Crippen molar-refractivity contribution in [3.05, 3.63) is 71.1 Å². The first-order valence-corrected chi connectivity index (χ1v) is 8.77. The predicted octanol–water partition coefficient (Wildman–Crippen LogP) is 4.68. The average molecular weight is 321 g/mol. The lowest BCUT2D eigenvalue weighted by molar-refractivity contribution is 0.0988. The minimum atomic E-state index is -0.159. The summed E-state index contributed by atoms with van der Waals surface area (Å²) in [6.45, 7) is 3.19. The Balaban J connectivity index is 1.67. The number of hydrogen-bond donors (Lipinski definition) is 0. The Bertz CT molecular complexity index is 687. The molecule has 0 bridgehead atoms. The summed E-state index contributed by atoms with van der Waals surface area (Å²) in [4.78, 5) is 27.1. The molecule has 0 N–H and O–H groups in total. The molecule has 3 nitrogen and oxygen atoms in total. The predicted molar refractivity (Wildman–Crippen MR) is 95.9 cm³/mol. The van der Waals surface area contributed by atoms with Crippen molar-refractivity contribution in [3.8, 4) is 0 Å². The monoisotopic (exact) mass is 321 g/mol. The smallest absolute Gasteiger partial charge is 0.198 e. The standard InChI is InChI=1S/C21H23NO2/c1-2-3-4-5-8-13-22-14-11-16(12-15-22)19-20(23)17-9-6-7-10-18(17)21(19)24/h6-7,9-12,14-15H,2-5,8,13H2,1H3. The van der Waals surface area contributed by atoms with Crippen LogP contribution in [0.3, 0.4) is 0 Å². The van der Waals surface area contributed by atoms with Crippen molar-refractivity contribution in [2.75, 3.05) is 6.54 Å². The van der Waals surface area contributed by atoms with Crippen LogP contribution in [0.5, 0.6) is 0 Å². The molecule has 1 aromatic carbocycles. The van der Waals surface area contributed by atoms with E-state index in [0.29, 0.717) is 22.3 Å². The zero-order valence-corrected chi connectivity index (χ0v) is 14.1. The van der Waals surface area contributed by atoms with E-state index < -0.39 is 0 Å². The number of rotatable bonds is 6. The number of nitrogens with zero attached hydrogens (tertiary/aromatic N) is 1. The molecule has 2 aliphatic rings. The summed E-state index contributed by atoms with van der Waals surface area (Å²) in [5.74, 6) is -0.319. The van der Waals surface area contributed by atoms with Gasteiger partial charge in [0.25, 0.3) is 0 Å². The van der Waals surface area contributed by atoms with Gasteiger partial charge in [-0.2, -0.15) is 0 Å². The number of ketones is 2. The molecule has 0 aromatic heterocycles. The van der Waals surface area contributed by atoms with Gasteiger partial charge in [0.1, 0.15) is 0 Å². The number of Topliss-reactive ketones (excluding diaryl/α,β-unsaturated/α-hetero) is 2. The van der Waals surface area contributed by atoms with Crippen molar-refractivity contribution in [2.45, 2.75) is 39.0 Å². The molecule has 3 heteroatoms. The lowest BCUT2D eigenvalue weighted by Crippen LogP contribution is -2.14. The van der Waals surface area contributed by atoms with Crippen LogP contribution < -0.4 is 0 Å². The number of allylic oxidation sites excluding steroid dienone is 4. The maximum Gasteiger partial charge on any atom is 0.198 e. The third kappa shape index (κ3) is 3.25. The van der Waals surface area contributed by atoms with Crippen LogP contribution in [0.2, 0.25) is 0 Å². The number of fused-ring (bicyclic) bond motifs is 1. The van der Waals surface area contributed by atoms with E-state index in [1.807, 2.05) is 24.6 Å². The third-order valence-corrected chi connectivity index (χ3v) is 4.57. The lowest BCUT2D eigenvalue weighted by atomic mass is 10.0. The minimum absolute atomic E-state index is 0.159. The highest BCUT2D eigenvalue weighted by molar-refractivity contribution is 6.40. The van der Waals surface area contributed by atoms with Gasteiger partial charge in [-0.15, -0.1) is 0 Å². The van der Waals surface area contributed by atoms with Gasteiger partial charge in [0.15, 0.2) is 11.6 Å². The van der Waals surface area contributed by atoms with Crippen LogP contribution in [-0.4, -0.2) is 23.0 Å². The van der Waals surface area contributed by atoms with E-state index in [1.54, 1.807) is 24.3 Å². The Morgan fingerprint density at radius 1 is 0.833 bits per heavy atom. The molecule has 0 unspecified atom stereocenters. The van der Waals surface area contributed by atoms with E-state index in [9.17, 15) is 9.59 Å². The van der Waals surface area contributed by atoms with Gasteiger partial charge in [0, 0.05) is 30.1 Å². The summed E-state index contributed by atoms with van der Waals surface area (Å²) < 4.78 is 0. The largest absolute Gasteiger partial charge is 0.354 e. The van der Waals surface area contributed by atoms with Gasteiger partial charge >= 0.3 is 0 Å².